The molecule has 0 aliphatic carbocycles. The van der Waals surface area contributed by atoms with Gasteiger partial charge in [-0.05, 0) is 35.7 Å². The predicted octanol–water partition coefficient (Wildman–Crippen LogP) is 2.03. The molecule has 1 aliphatic rings. The number of likely N-dealkylation sites (tertiary alicyclic amines) is 1. The van der Waals surface area contributed by atoms with Crippen LogP contribution < -0.4 is 11.5 Å². The molecule has 24 heavy (non-hydrogen) atoms. The Bertz CT molecular complexity index is 690. The van der Waals surface area contributed by atoms with Crippen LogP contribution in [-0.4, -0.2) is 30.4 Å². The molecule has 2 aromatic carbocycles. The highest BCUT2D eigenvalue weighted by atomic mass is 19.1. The summed E-state index contributed by atoms with van der Waals surface area (Å²) >= 11 is 0. The quantitative estimate of drug-likeness (QED) is 0.882. The van der Waals surface area contributed by atoms with Crippen LogP contribution in [0.3, 0.4) is 0 Å². The first-order valence-electron chi connectivity index (χ1n) is 8.14. The van der Waals surface area contributed by atoms with Gasteiger partial charge in [-0.2, -0.15) is 0 Å². The summed E-state index contributed by atoms with van der Waals surface area (Å²) in [6, 6.07) is 15.6. The minimum absolute atomic E-state index is 0.259. The van der Waals surface area contributed by atoms with E-state index >= 15 is 0 Å². The summed E-state index contributed by atoms with van der Waals surface area (Å²) in [6.45, 7) is 1.95. The molecule has 0 spiro atoms. The maximum atomic E-state index is 13.2. The first-order chi connectivity index (χ1) is 11.6. The highest BCUT2D eigenvalue weighted by molar-refractivity contribution is 5.81. The number of nitrogens with two attached hydrogens (primary N) is 2. The van der Waals surface area contributed by atoms with Gasteiger partial charge >= 0.3 is 0 Å². The molecule has 5 heteroatoms. The van der Waals surface area contributed by atoms with E-state index in [2.05, 4.69) is 17.0 Å². The highest BCUT2D eigenvalue weighted by Crippen LogP contribution is 2.36. The number of rotatable bonds is 5. The Labute approximate surface area is 141 Å². The Morgan fingerprint density at radius 1 is 1.12 bits per heavy atom. The summed E-state index contributed by atoms with van der Waals surface area (Å²) in [5.41, 5.74) is 13.6. The zero-order valence-electron chi connectivity index (χ0n) is 13.4. The molecule has 0 radical (unpaired) electrons. The van der Waals surface area contributed by atoms with Crippen LogP contribution in [0.15, 0.2) is 54.6 Å². The van der Waals surface area contributed by atoms with E-state index in [9.17, 15) is 9.18 Å². The summed E-state index contributed by atoms with van der Waals surface area (Å²) in [7, 11) is 0. The standard InChI is InChI=1S/C19H22FN3O/c20-16-8-6-14(7-9-16)18(19(22)24)23-11-15(10-21)17(12-23)13-4-2-1-3-5-13/h1-9,15,17-18H,10-12,21H2,(H2,22,24)/t15-,17+,18?/m1/s1. The van der Waals surface area contributed by atoms with Crippen LogP contribution in [-0.2, 0) is 4.79 Å². The van der Waals surface area contributed by atoms with Gasteiger partial charge in [0.25, 0.3) is 0 Å². The predicted molar refractivity (Wildman–Crippen MR) is 91.6 cm³/mol. The molecule has 1 saturated heterocycles. The second-order valence-electron chi connectivity index (χ2n) is 6.32. The molecule has 1 heterocycles. The van der Waals surface area contributed by atoms with E-state index < -0.39 is 11.9 Å². The van der Waals surface area contributed by atoms with Crippen molar-refractivity contribution in [3.8, 4) is 0 Å². The van der Waals surface area contributed by atoms with Crippen LogP contribution in [0.1, 0.15) is 23.1 Å². The fourth-order valence-electron chi connectivity index (χ4n) is 3.63. The Hall–Kier alpha value is -2.24. The lowest BCUT2D eigenvalue weighted by atomic mass is 9.89. The number of hydrogen-bond acceptors (Lipinski definition) is 3. The summed E-state index contributed by atoms with van der Waals surface area (Å²) in [5, 5.41) is 0. The van der Waals surface area contributed by atoms with E-state index in [1.54, 1.807) is 12.1 Å². The Balaban J connectivity index is 1.87. The van der Waals surface area contributed by atoms with Gasteiger partial charge in [0.15, 0.2) is 0 Å². The number of nitrogens with zero attached hydrogens (tertiary/aromatic N) is 1. The molecule has 4 nitrogen and oxygen atoms in total. The Kier molecular flexibility index (Phi) is 4.92. The molecule has 1 unspecified atom stereocenters. The molecular formula is C19H22FN3O. The minimum Gasteiger partial charge on any atom is -0.368 e. The zero-order valence-corrected chi connectivity index (χ0v) is 13.4. The van der Waals surface area contributed by atoms with Crippen LogP contribution in [0.25, 0.3) is 0 Å². The third kappa shape index (κ3) is 3.32. The molecule has 4 N–H and O–H groups in total. The lowest BCUT2D eigenvalue weighted by Crippen LogP contribution is -2.37. The smallest absolute Gasteiger partial charge is 0.239 e. The van der Waals surface area contributed by atoms with Gasteiger partial charge in [-0.3, -0.25) is 9.69 Å². The van der Waals surface area contributed by atoms with Gasteiger partial charge in [0, 0.05) is 19.0 Å². The van der Waals surface area contributed by atoms with E-state index in [0.717, 1.165) is 0 Å². The van der Waals surface area contributed by atoms with Crippen molar-refractivity contribution in [1.82, 2.24) is 4.90 Å². The number of carbonyl (C=O) groups excluding carboxylic acids is 1. The molecule has 1 aliphatic heterocycles. The highest BCUT2D eigenvalue weighted by Gasteiger charge is 2.38. The van der Waals surface area contributed by atoms with Gasteiger partial charge in [0.05, 0.1) is 0 Å². The van der Waals surface area contributed by atoms with Crippen LogP contribution in [0, 0.1) is 11.7 Å². The number of primary amides is 1. The summed E-state index contributed by atoms with van der Waals surface area (Å²) in [4.78, 5) is 14.1. The Morgan fingerprint density at radius 2 is 1.79 bits per heavy atom. The zero-order chi connectivity index (χ0) is 17.1. The fraction of sp³-hybridized carbons (Fsp3) is 0.316. The monoisotopic (exact) mass is 327 g/mol. The molecule has 0 aromatic heterocycles. The summed E-state index contributed by atoms with van der Waals surface area (Å²) in [5.74, 6) is -0.232. The van der Waals surface area contributed by atoms with Crippen LogP contribution in [0.4, 0.5) is 4.39 Å². The van der Waals surface area contributed by atoms with Gasteiger partial charge in [-0.15, -0.1) is 0 Å². The molecular weight excluding hydrogens is 305 g/mol. The lowest BCUT2D eigenvalue weighted by Gasteiger charge is -2.25. The molecule has 1 amide bonds. The second-order valence-corrected chi connectivity index (χ2v) is 6.32. The molecule has 3 atom stereocenters. The van der Waals surface area contributed by atoms with E-state index in [4.69, 9.17) is 11.5 Å². The van der Waals surface area contributed by atoms with Crippen molar-refractivity contribution in [2.24, 2.45) is 17.4 Å². The van der Waals surface area contributed by atoms with E-state index in [1.165, 1.54) is 17.7 Å². The Morgan fingerprint density at radius 3 is 2.38 bits per heavy atom. The molecule has 3 rings (SSSR count). The van der Waals surface area contributed by atoms with Gasteiger partial charge in [-0.1, -0.05) is 42.5 Å². The second kappa shape index (κ2) is 7.11. The first-order valence-corrected chi connectivity index (χ1v) is 8.14. The lowest BCUT2D eigenvalue weighted by molar-refractivity contribution is -0.123. The molecule has 2 aromatic rings. The number of hydrogen-bond donors (Lipinski definition) is 2. The molecule has 1 fully saturated rings. The average Bonchev–Trinajstić information content (AvgIpc) is 3.01. The number of halogens is 1. The average molecular weight is 327 g/mol. The topological polar surface area (TPSA) is 72.3 Å². The van der Waals surface area contributed by atoms with Gasteiger partial charge < -0.3 is 11.5 Å². The minimum atomic E-state index is -0.562. The van der Waals surface area contributed by atoms with Crippen molar-refractivity contribution in [2.75, 3.05) is 19.6 Å². The number of benzene rings is 2. The van der Waals surface area contributed by atoms with Gasteiger partial charge in [-0.25, -0.2) is 4.39 Å². The van der Waals surface area contributed by atoms with E-state index in [1.807, 2.05) is 18.2 Å². The maximum Gasteiger partial charge on any atom is 0.239 e. The van der Waals surface area contributed by atoms with E-state index in [-0.39, 0.29) is 17.7 Å². The normalized spacial score (nSPS) is 22.4. The van der Waals surface area contributed by atoms with E-state index in [0.29, 0.717) is 25.2 Å². The largest absolute Gasteiger partial charge is 0.368 e. The SMILES string of the molecule is NC[C@@H]1CN(C(C(N)=O)c2ccc(F)cc2)C[C@H]1c1ccccc1. The van der Waals surface area contributed by atoms with Gasteiger partial charge in [0.1, 0.15) is 11.9 Å². The van der Waals surface area contributed by atoms with Crippen molar-refractivity contribution in [2.45, 2.75) is 12.0 Å². The van der Waals surface area contributed by atoms with Crippen LogP contribution in [0.5, 0.6) is 0 Å². The van der Waals surface area contributed by atoms with Crippen molar-refractivity contribution < 1.29 is 9.18 Å². The summed E-state index contributed by atoms with van der Waals surface area (Å²) in [6.07, 6.45) is 0. The molecule has 0 saturated carbocycles. The molecule has 126 valence electrons. The fourth-order valence-corrected chi connectivity index (χ4v) is 3.63. The summed E-state index contributed by atoms with van der Waals surface area (Å²) < 4.78 is 13.2. The first kappa shape index (κ1) is 16.6. The van der Waals surface area contributed by atoms with Crippen molar-refractivity contribution in [3.05, 3.63) is 71.5 Å². The third-order valence-electron chi connectivity index (χ3n) is 4.82. The van der Waals surface area contributed by atoms with Crippen LogP contribution in [0.2, 0.25) is 0 Å². The van der Waals surface area contributed by atoms with Gasteiger partial charge in [0.2, 0.25) is 5.91 Å². The number of amides is 1. The maximum absolute atomic E-state index is 13.2. The van der Waals surface area contributed by atoms with Crippen molar-refractivity contribution >= 4 is 5.91 Å². The van der Waals surface area contributed by atoms with Crippen molar-refractivity contribution in [3.63, 3.8) is 0 Å². The molecule has 0 bridgehead atoms. The van der Waals surface area contributed by atoms with Crippen molar-refractivity contribution in [1.29, 1.82) is 0 Å². The van der Waals surface area contributed by atoms with Crippen LogP contribution >= 0.6 is 0 Å². The third-order valence-corrected chi connectivity index (χ3v) is 4.82. The number of carbonyl (C=O) groups is 1.